The molecule has 0 aromatic rings. The quantitative estimate of drug-likeness (QED) is 0.534. The highest BCUT2D eigenvalue weighted by molar-refractivity contribution is 5.70. The summed E-state index contributed by atoms with van der Waals surface area (Å²) >= 11 is 0. The first-order chi connectivity index (χ1) is 11.6. The minimum Gasteiger partial charge on any atom is -0.459 e. The molecule has 2 saturated heterocycles. The largest absolute Gasteiger partial charge is 0.459 e. The highest BCUT2D eigenvalue weighted by Gasteiger charge is 2.69. The normalized spacial score (nSPS) is 47.3. The molecule has 0 spiro atoms. The lowest BCUT2D eigenvalue weighted by atomic mass is 9.73. The first-order valence-corrected chi connectivity index (χ1v) is 10.1. The monoisotopic (exact) mass is 350 g/mol. The van der Waals surface area contributed by atoms with Crippen molar-refractivity contribution in [3.8, 4) is 0 Å². The van der Waals surface area contributed by atoms with Gasteiger partial charge in [0.25, 0.3) is 0 Å². The van der Waals surface area contributed by atoms with Crippen LogP contribution in [0.1, 0.15) is 73.6 Å². The molecule has 0 bridgehead atoms. The van der Waals surface area contributed by atoms with Crippen molar-refractivity contribution in [2.75, 3.05) is 0 Å². The van der Waals surface area contributed by atoms with E-state index in [9.17, 15) is 4.79 Å². The van der Waals surface area contributed by atoms with Crippen molar-refractivity contribution in [1.82, 2.24) is 0 Å². The van der Waals surface area contributed by atoms with Gasteiger partial charge >= 0.3 is 5.97 Å². The number of esters is 1. The molecule has 0 radical (unpaired) electrons. The second-order valence-electron chi connectivity index (χ2n) is 10.2. The molecule has 2 saturated carbocycles. The molecule has 2 aliphatic heterocycles. The molecule has 142 valence electrons. The SMILES string of the molecule is CC(CC(=O)OC1(C(C)C)CCC2(C)OC2C1)CC1C2OC(C)(C)C12. The lowest BCUT2D eigenvalue weighted by Gasteiger charge is -2.40. The molecule has 4 heteroatoms. The topological polar surface area (TPSA) is 48.1 Å². The molecular formula is C21H34O4. The van der Waals surface area contributed by atoms with Crippen LogP contribution in [0.2, 0.25) is 0 Å². The van der Waals surface area contributed by atoms with E-state index < -0.39 is 0 Å². The van der Waals surface area contributed by atoms with Gasteiger partial charge in [0.2, 0.25) is 0 Å². The van der Waals surface area contributed by atoms with Gasteiger partial charge in [0.1, 0.15) is 5.60 Å². The fraction of sp³-hybridized carbons (Fsp3) is 0.952. The number of hydrogen-bond donors (Lipinski definition) is 0. The van der Waals surface area contributed by atoms with Gasteiger partial charge in [-0.05, 0) is 57.8 Å². The van der Waals surface area contributed by atoms with E-state index in [4.69, 9.17) is 14.2 Å². The minimum absolute atomic E-state index is 0.0290. The van der Waals surface area contributed by atoms with Gasteiger partial charge in [0.15, 0.2) is 0 Å². The smallest absolute Gasteiger partial charge is 0.306 e. The summed E-state index contributed by atoms with van der Waals surface area (Å²) in [6.07, 6.45) is 5.10. The van der Waals surface area contributed by atoms with Crippen LogP contribution in [0.25, 0.3) is 0 Å². The number of fused-ring (bicyclic) bond motifs is 2. The summed E-state index contributed by atoms with van der Waals surface area (Å²) in [4.78, 5) is 12.6. The Hall–Kier alpha value is -0.610. The van der Waals surface area contributed by atoms with Crippen molar-refractivity contribution in [3.05, 3.63) is 0 Å². The van der Waals surface area contributed by atoms with E-state index in [-0.39, 0.29) is 28.9 Å². The molecule has 0 amide bonds. The second-order valence-corrected chi connectivity index (χ2v) is 10.2. The van der Waals surface area contributed by atoms with Crippen LogP contribution in [0, 0.1) is 23.7 Å². The molecule has 4 rings (SSSR count). The predicted molar refractivity (Wildman–Crippen MR) is 95.1 cm³/mol. The molecule has 2 aliphatic carbocycles. The van der Waals surface area contributed by atoms with E-state index in [1.807, 2.05) is 0 Å². The molecule has 0 N–H and O–H groups in total. The van der Waals surface area contributed by atoms with Crippen LogP contribution in [0.4, 0.5) is 0 Å². The van der Waals surface area contributed by atoms with Gasteiger partial charge in [0, 0.05) is 18.8 Å². The van der Waals surface area contributed by atoms with E-state index in [1.165, 1.54) is 0 Å². The third-order valence-electron chi connectivity index (χ3n) is 7.51. The number of rotatable bonds is 6. The van der Waals surface area contributed by atoms with Crippen LogP contribution in [-0.2, 0) is 19.0 Å². The first kappa shape index (κ1) is 17.8. The summed E-state index contributed by atoms with van der Waals surface area (Å²) in [6.45, 7) is 13.0. The summed E-state index contributed by atoms with van der Waals surface area (Å²) in [6, 6.07) is 0. The van der Waals surface area contributed by atoms with E-state index >= 15 is 0 Å². The van der Waals surface area contributed by atoms with Crippen molar-refractivity contribution in [1.29, 1.82) is 0 Å². The predicted octanol–water partition coefficient (Wildman–Crippen LogP) is 4.11. The Bertz CT molecular complexity index is 570. The minimum atomic E-state index is -0.332. The van der Waals surface area contributed by atoms with Crippen LogP contribution in [-0.4, -0.2) is 35.0 Å². The molecular weight excluding hydrogens is 316 g/mol. The maximum absolute atomic E-state index is 12.6. The maximum atomic E-state index is 12.6. The van der Waals surface area contributed by atoms with Crippen LogP contribution in [0.5, 0.6) is 0 Å². The average Bonchev–Trinajstić information content (AvgIpc) is 3.31. The lowest BCUT2D eigenvalue weighted by Crippen LogP contribution is -2.46. The molecule has 4 aliphatic rings. The standard InChI is InChI=1S/C21H34O4/c1-12(2)21(8-7-20(6)15(11-21)23-20)24-16(22)10-13(3)9-14-17-18(14)25-19(17,4)5/h12-15,17-18H,7-11H2,1-6H3. The fourth-order valence-corrected chi connectivity index (χ4v) is 5.53. The Balaban J connectivity index is 1.29. The van der Waals surface area contributed by atoms with Crippen molar-refractivity contribution >= 4 is 5.97 Å². The van der Waals surface area contributed by atoms with Gasteiger partial charge in [-0.1, -0.05) is 20.8 Å². The molecule has 4 fully saturated rings. The second kappa shape index (κ2) is 5.45. The van der Waals surface area contributed by atoms with Gasteiger partial charge in [-0.25, -0.2) is 0 Å². The van der Waals surface area contributed by atoms with E-state index in [0.29, 0.717) is 36.2 Å². The van der Waals surface area contributed by atoms with Crippen LogP contribution < -0.4 is 0 Å². The van der Waals surface area contributed by atoms with E-state index in [0.717, 1.165) is 25.7 Å². The van der Waals surface area contributed by atoms with Gasteiger partial charge < -0.3 is 14.2 Å². The molecule has 0 aromatic carbocycles. The summed E-state index contributed by atoms with van der Waals surface area (Å²) < 4.78 is 17.8. The molecule has 2 heterocycles. The zero-order valence-corrected chi connectivity index (χ0v) is 16.6. The number of epoxide rings is 1. The third kappa shape index (κ3) is 2.93. The highest BCUT2D eigenvalue weighted by atomic mass is 16.6. The van der Waals surface area contributed by atoms with Crippen molar-refractivity contribution in [2.24, 2.45) is 23.7 Å². The highest BCUT2D eigenvalue weighted by Crippen LogP contribution is 2.63. The Morgan fingerprint density at radius 3 is 2.40 bits per heavy atom. The summed E-state index contributed by atoms with van der Waals surface area (Å²) in [5.74, 6) is 2.01. The van der Waals surface area contributed by atoms with Gasteiger partial charge in [-0.3, -0.25) is 4.79 Å². The average molecular weight is 350 g/mol. The first-order valence-electron chi connectivity index (χ1n) is 10.1. The number of ether oxygens (including phenoxy) is 3. The Morgan fingerprint density at radius 2 is 1.88 bits per heavy atom. The molecule has 7 atom stereocenters. The lowest BCUT2D eigenvalue weighted by molar-refractivity contribution is -0.170. The number of carbonyl (C=O) groups is 1. The van der Waals surface area contributed by atoms with Crippen LogP contribution in [0.3, 0.4) is 0 Å². The summed E-state index contributed by atoms with van der Waals surface area (Å²) in [5, 5.41) is 0. The third-order valence-corrected chi connectivity index (χ3v) is 7.51. The Kier molecular flexibility index (Phi) is 3.88. The molecule has 7 unspecified atom stereocenters. The molecule has 4 nitrogen and oxygen atoms in total. The van der Waals surface area contributed by atoms with Crippen LogP contribution >= 0.6 is 0 Å². The van der Waals surface area contributed by atoms with E-state index in [1.54, 1.807) is 0 Å². The summed E-state index contributed by atoms with van der Waals surface area (Å²) in [7, 11) is 0. The van der Waals surface area contributed by atoms with E-state index in [2.05, 4.69) is 41.5 Å². The molecule has 25 heavy (non-hydrogen) atoms. The van der Waals surface area contributed by atoms with Gasteiger partial charge in [-0.2, -0.15) is 0 Å². The van der Waals surface area contributed by atoms with Crippen molar-refractivity contribution < 1.29 is 19.0 Å². The molecule has 0 aromatic heterocycles. The zero-order valence-electron chi connectivity index (χ0n) is 16.6. The number of hydrogen-bond acceptors (Lipinski definition) is 4. The van der Waals surface area contributed by atoms with Gasteiger partial charge in [-0.15, -0.1) is 0 Å². The Labute approximate surface area is 152 Å². The zero-order chi connectivity index (χ0) is 18.2. The summed E-state index contributed by atoms with van der Waals surface area (Å²) in [5.41, 5.74) is -0.229. The van der Waals surface area contributed by atoms with Gasteiger partial charge in [0.05, 0.1) is 23.4 Å². The maximum Gasteiger partial charge on any atom is 0.306 e. The Morgan fingerprint density at radius 1 is 1.16 bits per heavy atom. The fourth-order valence-electron chi connectivity index (χ4n) is 5.53. The van der Waals surface area contributed by atoms with Crippen molar-refractivity contribution in [2.45, 2.75) is 103 Å². The number of carbonyl (C=O) groups excluding carboxylic acids is 1. The van der Waals surface area contributed by atoms with Crippen molar-refractivity contribution in [3.63, 3.8) is 0 Å². The van der Waals surface area contributed by atoms with Crippen LogP contribution in [0.15, 0.2) is 0 Å².